The summed E-state index contributed by atoms with van der Waals surface area (Å²) in [5.41, 5.74) is 1.99. The zero-order valence-corrected chi connectivity index (χ0v) is 12.3. The van der Waals surface area contributed by atoms with Crippen LogP contribution < -0.4 is 9.64 Å². The number of aromatic nitrogens is 1. The van der Waals surface area contributed by atoms with Crippen molar-refractivity contribution in [3.05, 3.63) is 53.2 Å². The van der Waals surface area contributed by atoms with Crippen LogP contribution in [0.15, 0.2) is 36.4 Å². The second-order valence-electron chi connectivity index (χ2n) is 4.87. The minimum absolute atomic E-state index is 0.245. The highest BCUT2D eigenvalue weighted by Gasteiger charge is 2.10. The first-order valence-electron chi connectivity index (χ1n) is 6.55. The maximum atomic E-state index is 11.1. The summed E-state index contributed by atoms with van der Waals surface area (Å²) in [5.74, 6) is 0.482. The van der Waals surface area contributed by atoms with Gasteiger partial charge in [0.2, 0.25) is 0 Å². The van der Waals surface area contributed by atoms with Crippen LogP contribution in [0.25, 0.3) is 0 Å². The summed E-state index contributed by atoms with van der Waals surface area (Å²) in [6.45, 7) is 2.40. The molecule has 21 heavy (non-hydrogen) atoms. The van der Waals surface area contributed by atoms with E-state index >= 15 is 0 Å². The number of pyridine rings is 1. The van der Waals surface area contributed by atoms with Crippen LogP contribution in [-0.4, -0.2) is 30.2 Å². The second-order valence-corrected chi connectivity index (χ2v) is 4.87. The lowest BCUT2D eigenvalue weighted by molar-refractivity contribution is 0.0696. The van der Waals surface area contributed by atoms with Crippen molar-refractivity contribution in [1.29, 1.82) is 0 Å². The minimum atomic E-state index is -0.948. The van der Waals surface area contributed by atoms with E-state index in [9.17, 15) is 4.79 Å². The molecule has 0 bridgehead atoms. The molecule has 1 heterocycles. The number of hydrogen-bond donors (Lipinski definition) is 1. The predicted octanol–water partition coefficient (Wildman–Crippen LogP) is 2.73. The Labute approximate surface area is 123 Å². The van der Waals surface area contributed by atoms with Gasteiger partial charge in [0, 0.05) is 19.3 Å². The number of hydrogen-bond acceptors (Lipinski definition) is 4. The Morgan fingerprint density at radius 3 is 2.76 bits per heavy atom. The highest BCUT2D eigenvalue weighted by Crippen LogP contribution is 2.18. The third kappa shape index (κ3) is 3.72. The summed E-state index contributed by atoms with van der Waals surface area (Å²) in [6, 6.07) is 10.9. The van der Waals surface area contributed by atoms with Gasteiger partial charge in [-0.25, -0.2) is 9.78 Å². The topological polar surface area (TPSA) is 62.7 Å². The first-order valence-corrected chi connectivity index (χ1v) is 6.55. The van der Waals surface area contributed by atoms with Crippen molar-refractivity contribution in [2.45, 2.75) is 13.5 Å². The van der Waals surface area contributed by atoms with Crippen LogP contribution in [0.3, 0.4) is 0 Å². The summed E-state index contributed by atoms with van der Waals surface area (Å²) < 4.78 is 5.20. The summed E-state index contributed by atoms with van der Waals surface area (Å²) in [7, 11) is 3.51. The number of carbonyl (C=O) groups is 1. The number of aromatic carboxylic acids is 1. The maximum Gasteiger partial charge on any atom is 0.335 e. The van der Waals surface area contributed by atoms with Gasteiger partial charge in [-0.1, -0.05) is 12.1 Å². The molecule has 0 saturated heterocycles. The Morgan fingerprint density at radius 2 is 2.10 bits per heavy atom. The molecule has 0 radical (unpaired) electrons. The van der Waals surface area contributed by atoms with Crippen LogP contribution in [0.4, 0.5) is 5.82 Å². The first kappa shape index (κ1) is 14.8. The molecule has 5 heteroatoms. The van der Waals surface area contributed by atoms with E-state index in [4.69, 9.17) is 9.84 Å². The smallest absolute Gasteiger partial charge is 0.335 e. The highest BCUT2D eigenvalue weighted by atomic mass is 16.5. The lowest BCUT2D eigenvalue weighted by atomic mass is 10.2. The standard InChI is InChI=1S/C16H18N2O3/c1-11-7-13(16(19)20)9-15(17-11)18(2)10-12-5-4-6-14(8-12)21-3/h4-9H,10H2,1-3H3,(H,19,20). The molecule has 0 aliphatic heterocycles. The number of aryl methyl sites for hydroxylation is 1. The van der Waals surface area contributed by atoms with Gasteiger partial charge in [-0.3, -0.25) is 0 Å². The lowest BCUT2D eigenvalue weighted by Crippen LogP contribution is -2.18. The Hall–Kier alpha value is -2.56. The van der Waals surface area contributed by atoms with Crippen LogP contribution >= 0.6 is 0 Å². The van der Waals surface area contributed by atoms with Gasteiger partial charge in [-0.2, -0.15) is 0 Å². The van der Waals surface area contributed by atoms with Gasteiger partial charge in [0.15, 0.2) is 0 Å². The number of nitrogens with zero attached hydrogens (tertiary/aromatic N) is 2. The molecule has 0 amide bonds. The van der Waals surface area contributed by atoms with Gasteiger partial charge in [0.1, 0.15) is 11.6 Å². The summed E-state index contributed by atoms with van der Waals surface area (Å²) >= 11 is 0. The molecule has 1 aromatic heterocycles. The van der Waals surface area contributed by atoms with Crippen molar-refractivity contribution < 1.29 is 14.6 Å². The second kappa shape index (κ2) is 6.26. The monoisotopic (exact) mass is 286 g/mol. The Balaban J connectivity index is 2.23. The van der Waals surface area contributed by atoms with Gasteiger partial charge in [0.05, 0.1) is 12.7 Å². The molecule has 0 saturated carbocycles. The van der Waals surface area contributed by atoms with Crippen LogP contribution in [0.2, 0.25) is 0 Å². The van der Waals surface area contributed by atoms with Gasteiger partial charge in [0.25, 0.3) is 0 Å². The highest BCUT2D eigenvalue weighted by molar-refractivity contribution is 5.88. The van der Waals surface area contributed by atoms with Crippen molar-refractivity contribution in [1.82, 2.24) is 4.98 Å². The summed E-state index contributed by atoms with van der Waals surface area (Å²) in [6.07, 6.45) is 0. The van der Waals surface area contributed by atoms with E-state index in [0.29, 0.717) is 18.1 Å². The lowest BCUT2D eigenvalue weighted by Gasteiger charge is -2.19. The van der Waals surface area contributed by atoms with E-state index in [2.05, 4.69) is 4.98 Å². The van der Waals surface area contributed by atoms with Crippen LogP contribution in [0.5, 0.6) is 5.75 Å². The first-order chi connectivity index (χ1) is 9.99. The molecule has 1 N–H and O–H groups in total. The Morgan fingerprint density at radius 1 is 1.33 bits per heavy atom. The molecule has 0 atom stereocenters. The van der Waals surface area contributed by atoms with E-state index in [0.717, 1.165) is 11.3 Å². The zero-order chi connectivity index (χ0) is 15.4. The molecule has 5 nitrogen and oxygen atoms in total. The number of anilines is 1. The van der Waals surface area contributed by atoms with E-state index in [-0.39, 0.29) is 5.56 Å². The van der Waals surface area contributed by atoms with Gasteiger partial charge in [-0.15, -0.1) is 0 Å². The van der Waals surface area contributed by atoms with Crippen LogP contribution in [-0.2, 0) is 6.54 Å². The number of carboxylic acid groups (broad SMARTS) is 1. The third-order valence-corrected chi connectivity index (χ3v) is 3.13. The molecule has 1 aromatic carbocycles. The van der Waals surface area contributed by atoms with E-state index in [1.54, 1.807) is 26.2 Å². The van der Waals surface area contributed by atoms with E-state index in [1.165, 1.54) is 0 Å². The third-order valence-electron chi connectivity index (χ3n) is 3.13. The summed E-state index contributed by atoms with van der Waals surface area (Å²) in [4.78, 5) is 17.4. The Kier molecular flexibility index (Phi) is 4.42. The molecular weight excluding hydrogens is 268 g/mol. The molecule has 110 valence electrons. The molecule has 2 rings (SSSR count). The van der Waals surface area contributed by atoms with Crippen molar-refractivity contribution in [3.8, 4) is 5.75 Å². The fourth-order valence-corrected chi connectivity index (χ4v) is 2.10. The number of methoxy groups -OCH3 is 1. The molecule has 2 aromatic rings. The largest absolute Gasteiger partial charge is 0.497 e. The average Bonchev–Trinajstić information content (AvgIpc) is 2.46. The normalized spacial score (nSPS) is 10.2. The number of benzene rings is 1. The van der Waals surface area contributed by atoms with Crippen molar-refractivity contribution in [2.24, 2.45) is 0 Å². The van der Waals surface area contributed by atoms with E-state index < -0.39 is 5.97 Å². The van der Waals surface area contributed by atoms with E-state index in [1.807, 2.05) is 36.2 Å². The molecular formula is C16H18N2O3. The number of carboxylic acids is 1. The van der Waals surface area contributed by atoms with Crippen molar-refractivity contribution in [2.75, 3.05) is 19.1 Å². The molecule has 0 unspecified atom stereocenters. The average molecular weight is 286 g/mol. The summed E-state index contributed by atoms with van der Waals surface area (Å²) in [5, 5.41) is 9.11. The fraction of sp³-hybridized carbons (Fsp3) is 0.250. The predicted molar refractivity (Wildman–Crippen MR) is 81.0 cm³/mol. The minimum Gasteiger partial charge on any atom is -0.497 e. The molecule has 0 aliphatic carbocycles. The fourth-order valence-electron chi connectivity index (χ4n) is 2.10. The van der Waals surface area contributed by atoms with Gasteiger partial charge >= 0.3 is 5.97 Å². The van der Waals surface area contributed by atoms with Crippen molar-refractivity contribution >= 4 is 11.8 Å². The van der Waals surface area contributed by atoms with Crippen LogP contribution in [0.1, 0.15) is 21.6 Å². The van der Waals surface area contributed by atoms with Crippen molar-refractivity contribution in [3.63, 3.8) is 0 Å². The van der Waals surface area contributed by atoms with Crippen LogP contribution in [0, 0.1) is 6.92 Å². The van der Waals surface area contributed by atoms with Gasteiger partial charge in [-0.05, 0) is 36.8 Å². The van der Waals surface area contributed by atoms with Gasteiger partial charge < -0.3 is 14.7 Å². The molecule has 0 aliphatic rings. The number of ether oxygens (including phenoxy) is 1. The molecule has 0 fully saturated rings. The number of rotatable bonds is 5. The quantitative estimate of drug-likeness (QED) is 0.915. The maximum absolute atomic E-state index is 11.1. The molecule has 0 spiro atoms. The SMILES string of the molecule is COc1cccc(CN(C)c2cc(C(=O)O)cc(C)n2)c1. The Bertz CT molecular complexity index is 656. The zero-order valence-electron chi connectivity index (χ0n) is 12.3.